The molecule has 7 nitrogen and oxygen atoms in total. The monoisotopic (exact) mass is 486 g/mol. The maximum atomic E-state index is 13.2. The van der Waals surface area contributed by atoms with Crippen molar-refractivity contribution in [3.05, 3.63) is 89.4 Å². The van der Waals surface area contributed by atoms with Crippen molar-refractivity contribution in [1.82, 2.24) is 5.32 Å². The van der Waals surface area contributed by atoms with Gasteiger partial charge < -0.3 is 14.8 Å². The first kappa shape index (κ1) is 22.9. The molecule has 0 spiro atoms. The molecule has 0 bridgehead atoms. The summed E-state index contributed by atoms with van der Waals surface area (Å²) in [4.78, 5) is 12.8. The van der Waals surface area contributed by atoms with Gasteiger partial charge in [-0.05, 0) is 42.0 Å². The summed E-state index contributed by atoms with van der Waals surface area (Å²) in [6.45, 7) is 0.364. The highest BCUT2D eigenvalue weighted by Gasteiger charge is 2.36. The minimum Gasteiger partial charge on any atom is -0.492 e. The van der Waals surface area contributed by atoms with Crippen molar-refractivity contribution in [3.8, 4) is 11.5 Å². The number of amides is 1. The predicted molar refractivity (Wildman–Crippen MR) is 127 cm³/mol. The molecule has 0 unspecified atom stereocenters. The average Bonchev–Trinajstić information content (AvgIpc) is 2.82. The summed E-state index contributed by atoms with van der Waals surface area (Å²) < 4.78 is 39.1. The normalized spacial score (nSPS) is 15.3. The largest absolute Gasteiger partial charge is 0.492 e. The molecule has 4 rings (SSSR count). The van der Waals surface area contributed by atoms with E-state index in [1.807, 2.05) is 6.07 Å². The summed E-state index contributed by atoms with van der Waals surface area (Å²) in [5.41, 5.74) is 1.09. The van der Waals surface area contributed by atoms with E-state index in [0.717, 1.165) is 0 Å². The molecule has 1 aliphatic heterocycles. The van der Waals surface area contributed by atoms with Gasteiger partial charge in [0.25, 0.3) is 5.91 Å². The second kappa shape index (κ2) is 10.1. The number of carbonyl (C=O) groups is 1. The Hall–Kier alpha value is -3.23. The molecule has 0 saturated heterocycles. The highest BCUT2D eigenvalue weighted by molar-refractivity contribution is 7.92. The smallest absolute Gasteiger partial charge is 0.263 e. The van der Waals surface area contributed by atoms with Gasteiger partial charge in [-0.3, -0.25) is 9.10 Å². The van der Waals surface area contributed by atoms with E-state index in [-0.39, 0.29) is 25.4 Å². The lowest BCUT2D eigenvalue weighted by Gasteiger charge is -2.34. The fourth-order valence-electron chi connectivity index (χ4n) is 3.45. The molecule has 1 amide bonds. The number of hydrogen-bond acceptors (Lipinski definition) is 5. The number of halogens is 1. The molecule has 1 aliphatic rings. The molecule has 33 heavy (non-hydrogen) atoms. The molecule has 0 fully saturated rings. The van der Waals surface area contributed by atoms with Gasteiger partial charge in [-0.1, -0.05) is 54.1 Å². The summed E-state index contributed by atoms with van der Waals surface area (Å²) in [7, 11) is -3.74. The fraction of sp³-hybridized carbons (Fsp3) is 0.208. The average molecular weight is 487 g/mol. The van der Waals surface area contributed by atoms with E-state index in [2.05, 4.69) is 5.32 Å². The number of ether oxygens (including phenoxy) is 2. The summed E-state index contributed by atoms with van der Waals surface area (Å²) >= 11 is 5.85. The Balaban J connectivity index is 1.42. The van der Waals surface area contributed by atoms with Crippen molar-refractivity contribution in [2.24, 2.45) is 0 Å². The Bertz CT molecular complexity index is 1200. The summed E-state index contributed by atoms with van der Waals surface area (Å²) in [6.07, 6.45) is -0.985. The second-order valence-electron chi connectivity index (χ2n) is 7.44. The standard InChI is InChI=1S/C24H23ClN2O5S/c25-19-10-12-20(13-11-19)31-15-14-26-24(28)23-16-27(21-8-4-5-9-22(21)32-23)33(29,30)17-18-6-2-1-3-7-18/h1-13,23H,14-17H2,(H,26,28)/t23-/m0/s1. The van der Waals surface area contributed by atoms with Crippen LogP contribution in [0.3, 0.4) is 0 Å². The topological polar surface area (TPSA) is 84.9 Å². The third-order valence-electron chi connectivity index (χ3n) is 5.04. The Morgan fingerprint density at radius 3 is 2.48 bits per heavy atom. The van der Waals surface area contributed by atoms with Crippen molar-refractivity contribution in [2.75, 3.05) is 24.0 Å². The van der Waals surface area contributed by atoms with Gasteiger partial charge in [0, 0.05) is 5.02 Å². The molecular weight excluding hydrogens is 464 g/mol. The lowest BCUT2D eigenvalue weighted by Crippen LogP contribution is -2.51. The molecule has 1 atom stereocenters. The molecule has 3 aromatic carbocycles. The number of sulfonamides is 1. The SMILES string of the molecule is O=C(NCCOc1ccc(Cl)cc1)[C@@H]1CN(S(=O)(=O)Cc2ccccc2)c2ccccc2O1. The first-order valence-corrected chi connectivity index (χ1v) is 12.4. The van der Waals surface area contributed by atoms with Crippen LogP contribution in [0.2, 0.25) is 5.02 Å². The van der Waals surface area contributed by atoms with E-state index in [4.69, 9.17) is 21.1 Å². The second-order valence-corrected chi connectivity index (χ2v) is 9.77. The first-order chi connectivity index (χ1) is 15.9. The Kier molecular flexibility index (Phi) is 7.05. The molecule has 3 aromatic rings. The van der Waals surface area contributed by atoms with Crippen LogP contribution in [-0.2, 0) is 20.6 Å². The van der Waals surface area contributed by atoms with Crippen LogP contribution in [0, 0.1) is 0 Å². The van der Waals surface area contributed by atoms with Gasteiger partial charge in [0.05, 0.1) is 24.5 Å². The quantitative estimate of drug-likeness (QED) is 0.491. The maximum Gasteiger partial charge on any atom is 0.263 e. The van der Waals surface area contributed by atoms with Crippen LogP contribution in [0.1, 0.15) is 5.56 Å². The van der Waals surface area contributed by atoms with Gasteiger partial charge in [0.2, 0.25) is 10.0 Å². The van der Waals surface area contributed by atoms with E-state index >= 15 is 0 Å². The number of carbonyl (C=O) groups excluding carboxylic acids is 1. The number of benzene rings is 3. The molecular formula is C24H23ClN2O5S. The molecule has 0 aromatic heterocycles. The Morgan fingerprint density at radius 1 is 1.03 bits per heavy atom. The molecule has 0 radical (unpaired) electrons. The summed E-state index contributed by atoms with van der Waals surface area (Å²) in [6, 6.07) is 22.6. The van der Waals surface area contributed by atoms with Gasteiger partial charge in [0.15, 0.2) is 6.10 Å². The van der Waals surface area contributed by atoms with Crippen molar-refractivity contribution in [2.45, 2.75) is 11.9 Å². The van der Waals surface area contributed by atoms with Crippen molar-refractivity contribution >= 4 is 33.2 Å². The molecule has 172 valence electrons. The van der Waals surface area contributed by atoms with Crippen LogP contribution >= 0.6 is 11.6 Å². The van der Waals surface area contributed by atoms with Gasteiger partial charge in [-0.25, -0.2) is 8.42 Å². The number of para-hydroxylation sites is 2. The number of fused-ring (bicyclic) bond motifs is 1. The molecule has 1 heterocycles. The molecule has 1 N–H and O–H groups in total. The third kappa shape index (κ3) is 5.77. The third-order valence-corrected chi connectivity index (χ3v) is 7.01. The van der Waals surface area contributed by atoms with Crippen molar-refractivity contribution < 1.29 is 22.7 Å². The van der Waals surface area contributed by atoms with Crippen molar-refractivity contribution in [3.63, 3.8) is 0 Å². The maximum absolute atomic E-state index is 13.2. The Labute approximate surface area is 197 Å². The molecule has 0 aliphatic carbocycles. The first-order valence-electron chi connectivity index (χ1n) is 10.4. The number of nitrogens with zero attached hydrogens (tertiary/aromatic N) is 1. The van der Waals surface area contributed by atoms with E-state index in [1.54, 1.807) is 72.8 Å². The van der Waals surface area contributed by atoms with E-state index in [9.17, 15) is 13.2 Å². The lowest BCUT2D eigenvalue weighted by atomic mass is 10.2. The highest BCUT2D eigenvalue weighted by atomic mass is 35.5. The van der Waals surface area contributed by atoms with Crippen LogP contribution < -0.4 is 19.1 Å². The zero-order valence-electron chi connectivity index (χ0n) is 17.7. The van der Waals surface area contributed by atoms with Crippen LogP contribution in [0.5, 0.6) is 11.5 Å². The van der Waals surface area contributed by atoms with Gasteiger partial charge in [-0.15, -0.1) is 0 Å². The number of anilines is 1. The number of nitrogens with one attached hydrogen (secondary N) is 1. The summed E-state index contributed by atoms with van der Waals surface area (Å²) in [5, 5.41) is 3.36. The van der Waals surface area contributed by atoms with Crippen LogP contribution in [0.25, 0.3) is 0 Å². The molecule has 0 saturated carbocycles. The lowest BCUT2D eigenvalue weighted by molar-refractivity contribution is -0.127. The van der Waals surface area contributed by atoms with Crippen LogP contribution in [0.15, 0.2) is 78.9 Å². The minimum absolute atomic E-state index is 0.115. The predicted octanol–water partition coefficient (Wildman–Crippen LogP) is 3.63. The molecule has 9 heteroatoms. The van der Waals surface area contributed by atoms with Gasteiger partial charge in [-0.2, -0.15) is 0 Å². The van der Waals surface area contributed by atoms with Gasteiger partial charge >= 0.3 is 0 Å². The fourth-order valence-corrected chi connectivity index (χ4v) is 5.16. The zero-order valence-corrected chi connectivity index (χ0v) is 19.3. The minimum atomic E-state index is -3.74. The van der Waals surface area contributed by atoms with Crippen LogP contribution in [-0.4, -0.2) is 40.1 Å². The van der Waals surface area contributed by atoms with E-state index < -0.39 is 22.0 Å². The number of hydrogen-bond donors (Lipinski definition) is 1. The number of rotatable bonds is 8. The van der Waals surface area contributed by atoms with Gasteiger partial charge in [0.1, 0.15) is 18.1 Å². The Morgan fingerprint density at radius 2 is 1.73 bits per heavy atom. The summed E-state index contributed by atoms with van der Waals surface area (Å²) in [5.74, 6) is 0.391. The highest BCUT2D eigenvalue weighted by Crippen LogP contribution is 2.35. The zero-order chi connectivity index (χ0) is 23.3. The van der Waals surface area contributed by atoms with E-state index in [1.165, 1.54) is 4.31 Å². The van der Waals surface area contributed by atoms with Crippen molar-refractivity contribution in [1.29, 1.82) is 0 Å². The van der Waals surface area contributed by atoms with E-state index in [0.29, 0.717) is 27.8 Å². The van der Waals surface area contributed by atoms with Crippen LogP contribution in [0.4, 0.5) is 5.69 Å².